The van der Waals surface area contributed by atoms with Crippen molar-refractivity contribution in [3.05, 3.63) is 0 Å². The molecular formula is C13H20N2O3. The molecule has 5 nitrogen and oxygen atoms in total. The molecule has 1 amide bonds. The summed E-state index contributed by atoms with van der Waals surface area (Å²) in [4.78, 5) is 19.0. The van der Waals surface area contributed by atoms with Crippen LogP contribution < -0.4 is 0 Å². The Kier molecular flexibility index (Phi) is 2.37. The molecule has 18 heavy (non-hydrogen) atoms. The second kappa shape index (κ2) is 3.62. The Balaban J connectivity index is 1.50. The molecule has 0 aromatic rings. The largest absolute Gasteiger partial charge is 0.444 e. The lowest BCUT2D eigenvalue weighted by Crippen LogP contribution is -2.64. The third kappa shape index (κ3) is 2.18. The van der Waals surface area contributed by atoms with Gasteiger partial charge in [-0.2, -0.15) is 0 Å². The summed E-state index contributed by atoms with van der Waals surface area (Å²) in [6.45, 7) is 6.83. The molecule has 1 aliphatic carbocycles. The number of ether oxygens (including phenoxy) is 1. The highest BCUT2D eigenvalue weighted by atomic mass is 16.7. The lowest BCUT2D eigenvalue weighted by molar-refractivity contribution is -0.122. The number of carbonyl (C=O) groups excluding carboxylic acids is 1. The predicted octanol–water partition coefficient (Wildman–Crippen LogP) is 2.16. The number of rotatable bonds is 1. The van der Waals surface area contributed by atoms with E-state index in [0.29, 0.717) is 19.0 Å². The van der Waals surface area contributed by atoms with Gasteiger partial charge in [-0.1, -0.05) is 5.16 Å². The summed E-state index contributed by atoms with van der Waals surface area (Å²) in [6.07, 6.45) is 3.12. The Hall–Kier alpha value is -1.26. The Morgan fingerprint density at radius 1 is 1.44 bits per heavy atom. The van der Waals surface area contributed by atoms with Crippen LogP contribution in [0.4, 0.5) is 4.79 Å². The summed E-state index contributed by atoms with van der Waals surface area (Å²) in [5.74, 6) is 0.653. The summed E-state index contributed by atoms with van der Waals surface area (Å²) in [7, 11) is 0. The van der Waals surface area contributed by atoms with E-state index in [1.54, 1.807) is 4.90 Å². The van der Waals surface area contributed by atoms with E-state index in [9.17, 15) is 4.79 Å². The van der Waals surface area contributed by atoms with E-state index >= 15 is 0 Å². The van der Waals surface area contributed by atoms with Crippen molar-refractivity contribution in [1.82, 2.24) is 4.90 Å². The predicted molar refractivity (Wildman–Crippen MR) is 66.4 cm³/mol. The first kappa shape index (κ1) is 11.8. The molecule has 2 fully saturated rings. The zero-order valence-corrected chi connectivity index (χ0v) is 11.2. The van der Waals surface area contributed by atoms with Crippen LogP contribution in [0.5, 0.6) is 0 Å². The van der Waals surface area contributed by atoms with Crippen molar-refractivity contribution >= 4 is 11.8 Å². The van der Waals surface area contributed by atoms with Gasteiger partial charge in [-0.3, -0.25) is 4.90 Å². The maximum atomic E-state index is 11.8. The summed E-state index contributed by atoms with van der Waals surface area (Å²) in [5, 5.41) is 4.18. The molecule has 3 aliphatic rings. The molecule has 0 N–H and O–H groups in total. The molecule has 5 heteroatoms. The van der Waals surface area contributed by atoms with Crippen LogP contribution in [0.15, 0.2) is 5.16 Å². The van der Waals surface area contributed by atoms with Gasteiger partial charge in [0, 0.05) is 12.3 Å². The standard InChI is InChI=1S/C13H20N2O3/c1-12(2,3)17-11(16)15-7-13(8-15)6-10(14-18-13)9-4-5-9/h9H,4-8H2,1-3H3. The lowest BCUT2D eigenvalue weighted by Gasteiger charge is -2.45. The van der Waals surface area contributed by atoms with E-state index in [4.69, 9.17) is 9.57 Å². The number of amides is 1. The van der Waals surface area contributed by atoms with Gasteiger partial charge < -0.3 is 9.57 Å². The average Bonchev–Trinajstić information content (AvgIpc) is 2.92. The molecule has 1 saturated carbocycles. The minimum Gasteiger partial charge on any atom is -0.444 e. The second-order valence-corrected chi connectivity index (χ2v) is 6.64. The van der Waals surface area contributed by atoms with Crippen molar-refractivity contribution in [2.24, 2.45) is 11.1 Å². The molecule has 0 bridgehead atoms. The van der Waals surface area contributed by atoms with E-state index in [1.807, 2.05) is 20.8 Å². The smallest absolute Gasteiger partial charge is 0.410 e. The monoisotopic (exact) mass is 252 g/mol. The van der Waals surface area contributed by atoms with E-state index in [-0.39, 0.29) is 11.7 Å². The highest BCUT2D eigenvalue weighted by Gasteiger charge is 2.54. The van der Waals surface area contributed by atoms with Gasteiger partial charge in [0.15, 0.2) is 5.60 Å². The summed E-state index contributed by atoms with van der Waals surface area (Å²) in [6, 6.07) is 0. The van der Waals surface area contributed by atoms with E-state index in [2.05, 4.69) is 5.16 Å². The van der Waals surface area contributed by atoms with Gasteiger partial charge in [0.2, 0.25) is 0 Å². The summed E-state index contributed by atoms with van der Waals surface area (Å²) in [5.41, 5.74) is 0.514. The molecular weight excluding hydrogens is 232 g/mol. The summed E-state index contributed by atoms with van der Waals surface area (Å²) < 4.78 is 5.33. The Morgan fingerprint density at radius 2 is 2.11 bits per heavy atom. The number of oxime groups is 1. The molecule has 0 aromatic carbocycles. The van der Waals surface area contributed by atoms with Crippen LogP contribution in [0.25, 0.3) is 0 Å². The van der Waals surface area contributed by atoms with E-state index < -0.39 is 5.60 Å². The second-order valence-electron chi connectivity index (χ2n) is 6.64. The lowest BCUT2D eigenvalue weighted by atomic mass is 9.88. The normalized spacial score (nSPS) is 25.5. The van der Waals surface area contributed by atoms with Gasteiger partial charge in [0.1, 0.15) is 5.60 Å². The van der Waals surface area contributed by atoms with Gasteiger partial charge >= 0.3 is 6.09 Å². The Labute approximate surface area is 107 Å². The van der Waals surface area contributed by atoms with Crippen molar-refractivity contribution in [1.29, 1.82) is 0 Å². The minimum absolute atomic E-state index is 0.241. The zero-order chi connectivity index (χ0) is 13.0. The SMILES string of the molecule is CC(C)(C)OC(=O)N1CC2(CC(C3CC3)=NO2)C1. The first-order valence-electron chi connectivity index (χ1n) is 6.60. The van der Waals surface area contributed by atoms with Crippen LogP contribution >= 0.6 is 0 Å². The minimum atomic E-state index is -0.438. The third-order valence-corrected chi connectivity index (χ3v) is 3.52. The van der Waals surface area contributed by atoms with E-state index in [0.717, 1.165) is 6.42 Å². The van der Waals surface area contributed by atoms with Crippen LogP contribution in [0, 0.1) is 5.92 Å². The number of hydrogen-bond donors (Lipinski definition) is 0. The van der Waals surface area contributed by atoms with Gasteiger partial charge in [-0.15, -0.1) is 0 Å². The molecule has 3 rings (SSSR count). The quantitative estimate of drug-likeness (QED) is 0.718. The summed E-state index contributed by atoms with van der Waals surface area (Å²) >= 11 is 0. The van der Waals surface area contributed by atoms with Crippen molar-refractivity contribution in [3.63, 3.8) is 0 Å². The van der Waals surface area contributed by atoms with Crippen molar-refractivity contribution < 1.29 is 14.4 Å². The van der Waals surface area contributed by atoms with Gasteiger partial charge in [-0.05, 0) is 33.6 Å². The number of hydrogen-bond acceptors (Lipinski definition) is 4. The highest BCUT2D eigenvalue weighted by Crippen LogP contribution is 2.41. The Bertz CT molecular complexity index is 401. The Morgan fingerprint density at radius 3 is 2.67 bits per heavy atom. The third-order valence-electron chi connectivity index (χ3n) is 3.52. The molecule has 2 aliphatic heterocycles. The van der Waals surface area contributed by atoms with Crippen LogP contribution in [0.2, 0.25) is 0 Å². The van der Waals surface area contributed by atoms with Crippen molar-refractivity contribution in [2.75, 3.05) is 13.1 Å². The fourth-order valence-electron chi connectivity index (χ4n) is 2.46. The fourth-order valence-corrected chi connectivity index (χ4v) is 2.46. The first-order valence-corrected chi connectivity index (χ1v) is 6.60. The molecule has 0 aromatic heterocycles. The van der Waals surface area contributed by atoms with Gasteiger partial charge in [-0.25, -0.2) is 4.79 Å². The van der Waals surface area contributed by atoms with Crippen molar-refractivity contribution in [3.8, 4) is 0 Å². The maximum Gasteiger partial charge on any atom is 0.410 e. The van der Waals surface area contributed by atoms with Crippen molar-refractivity contribution in [2.45, 2.75) is 51.2 Å². The molecule has 1 spiro atoms. The van der Waals surface area contributed by atoms with Gasteiger partial charge in [0.05, 0.1) is 18.8 Å². The number of likely N-dealkylation sites (tertiary alicyclic amines) is 1. The first-order chi connectivity index (χ1) is 8.37. The van der Waals surface area contributed by atoms with E-state index in [1.165, 1.54) is 18.6 Å². The van der Waals surface area contributed by atoms with Crippen LogP contribution in [-0.2, 0) is 9.57 Å². The zero-order valence-electron chi connectivity index (χ0n) is 11.2. The molecule has 0 radical (unpaired) electrons. The number of nitrogens with zero attached hydrogens (tertiary/aromatic N) is 2. The fraction of sp³-hybridized carbons (Fsp3) is 0.846. The van der Waals surface area contributed by atoms with Crippen LogP contribution in [0.3, 0.4) is 0 Å². The van der Waals surface area contributed by atoms with Gasteiger partial charge in [0.25, 0.3) is 0 Å². The maximum absolute atomic E-state index is 11.8. The molecule has 1 saturated heterocycles. The molecule has 0 unspecified atom stereocenters. The highest BCUT2D eigenvalue weighted by molar-refractivity contribution is 5.90. The van der Waals surface area contributed by atoms with Crippen LogP contribution in [-0.4, -0.2) is 41.0 Å². The number of carbonyl (C=O) groups is 1. The molecule has 100 valence electrons. The van der Waals surface area contributed by atoms with Crippen LogP contribution in [0.1, 0.15) is 40.0 Å². The average molecular weight is 252 g/mol. The molecule has 0 atom stereocenters. The molecule has 2 heterocycles. The topological polar surface area (TPSA) is 51.1 Å².